The van der Waals surface area contributed by atoms with E-state index >= 15 is 0 Å². The van der Waals surface area contributed by atoms with Crippen molar-refractivity contribution in [1.29, 1.82) is 0 Å². The summed E-state index contributed by atoms with van der Waals surface area (Å²) in [5.74, 6) is 0.199. The van der Waals surface area contributed by atoms with Gasteiger partial charge >= 0.3 is 0 Å². The first-order valence-corrected chi connectivity index (χ1v) is 7.04. The number of piperidine rings is 1. The second kappa shape index (κ2) is 5.39. The summed E-state index contributed by atoms with van der Waals surface area (Å²) >= 11 is 3.09. The Morgan fingerprint density at radius 1 is 1.44 bits per heavy atom. The van der Waals surface area contributed by atoms with Crippen molar-refractivity contribution in [2.24, 2.45) is 5.92 Å². The Morgan fingerprint density at radius 3 is 2.78 bits per heavy atom. The molecule has 0 radical (unpaired) electrons. The summed E-state index contributed by atoms with van der Waals surface area (Å²) in [5, 5.41) is 0. The zero-order chi connectivity index (χ0) is 13.3. The van der Waals surface area contributed by atoms with Crippen molar-refractivity contribution < 1.29 is 9.18 Å². The number of likely N-dealkylation sites (tertiary alicyclic amines) is 1. The minimum absolute atomic E-state index is 0.0687. The third-order valence-corrected chi connectivity index (χ3v) is 4.21. The topological polar surface area (TPSA) is 20.3 Å². The van der Waals surface area contributed by atoms with Gasteiger partial charge in [-0.15, -0.1) is 0 Å². The molecule has 0 aliphatic carbocycles. The molecule has 98 valence electrons. The zero-order valence-corrected chi connectivity index (χ0v) is 12.2. The number of carbonyl (C=O) groups excluding carboxylic acids is 1. The molecule has 0 aromatic heterocycles. The molecule has 1 aromatic carbocycles. The lowest BCUT2D eigenvalue weighted by Gasteiger charge is -2.36. The number of halogens is 2. The van der Waals surface area contributed by atoms with Crippen molar-refractivity contribution in [3.8, 4) is 0 Å². The van der Waals surface area contributed by atoms with Crippen LogP contribution in [0.25, 0.3) is 0 Å². The van der Waals surface area contributed by atoms with Gasteiger partial charge in [0.05, 0.1) is 4.47 Å². The maximum atomic E-state index is 13.4. The van der Waals surface area contributed by atoms with Crippen molar-refractivity contribution >= 4 is 21.8 Å². The van der Waals surface area contributed by atoms with E-state index in [0.717, 1.165) is 19.4 Å². The molecule has 0 spiro atoms. The summed E-state index contributed by atoms with van der Waals surface area (Å²) in [7, 11) is 0. The van der Waals surface area contributed by atoms with Crippen LogP contribution in [0.3, 0.4) is 0 Å². The van der Waals surface area contributed by atoms with Gasteiger partial charge in [-0.25, -0.2) is 4.39 Å². The molecule has 0 bridgehead atoms. The fourth-order valence-electron chi connectivity index (χ4n) is 2.50. The van der Waals surface area contributed by atoms with Gasteiger partial charge in [0, 0.05) is 18.2 Å². The number of nitrogens with zero attached hydrogens (tertiary/aromatic N) is 1. The molecule has 1 saturated heterocycles. The lowest BCUT2D eigenvalue weighted by atomic mass is 9.93. The molecular weight excluding hydrogens is 297 g/mol. The fraction of sp³-hybridized carbons (Fsp3) is 0.500. The van der Waals surface area contributed by atoms with Gasteiger partial charge in [-0.2, -0.15) is 0 Å². The Hall–Kier alpha value is -0.900. The first-order chi connectivity index (χ1) is 8.49. The van der Waals surface area contributed by atoms with E-state index < -0.39 is 0 Å². The largest absolute Gasteiger partial charge is 0.336 e. The average molecular weight is 314 g/mol. The Balaban J connectivity index is 2.18. The Labute approximate surface area is 115 Å². The van der Waals surface area contributed by atoms with E-state index in [0.29, 0.717) is 16.0 Å². The molecule has 1 amide bonds. The first kappa shape index (κ1) is 13.5. The summed E-state index contributed by atoms with van der Waals surface area (Å²) in [6.45, 7) is 5.03. The van der Waals surface area contributed by atoms with Crippen molar-refractivity contribution in [2.45, 2.75) is 32.7 Å². The molecule has 1 aliphatic heterocycles. The van der Waals surface area contributed by atoms with Gasteiger partial charge in [0.15, 0.2) is 0 Å². The minimum atomic E-state index is -0.390. The minimum Gasteiger partial charge on any atom is -0.336 e. The molecule has 0 saturated carbocycles. The molecule has 2 rings (SSSR count). The van der Waals surface area contributed by atoms with Crippen LogP contribution in [0.15, 0.2) is 22.7 Å². The second-order valence-electron chi connectivity index (χ2n) is 5.11. The van der Waals surface area contributed by atoms with Crippen LogP contribution < -0.4 is 0 Å². The Kier molecular flexibility index (Phi) is 4.05. The average Bonchev–Trinajstić information content (AvgIpc) is 2.32. The van der Waals surface area contributed by atoms with E-state index in [4.69, 9.17) is 0 Å². The van der Waals surface area contributed by atoms with Gasteiger partial charge in [-0.3, -0.25) is 4.79 Å². The molecule has 4 heteroatoms. The van der Waals surface area contributed by atoms with Gasteiger partial charge in [0.2, 0.25) is 0 Å². The maximum Gasteiger partial charge on any atom is 0.254 e. The number of hydrogen-bond donors (Lipinski definition) is 0. The molecule has 18 heavy (non-hydrogen) atoms. The third-order valence-electron chi connectivity index (χ3n) is 3.57. The van der Waals surface area contributed by atoms with Gasteiger partial charge in [0.1, 0.15) is 5.82 Å². The molecule has 0 N–H and O–H groups in total. The van der Waals surface area contributed by atoms with Crippen LogP contribution in [0.1, 0.15) is 37.0 Å². The van der Waals surface area contributed by atoms with Crippen LogP contribution in [0.5, 0.6) is 0 Å². The number of rotatable bonds is 1. The van der Waals surface area contributed by atoms with E-state index in [-0.39, 0.29) is 17.8 Å². The molecule has 1 fully saturated rings. The van der Waals surface area contributed by atoms with Crippen molar-refractivity contribution in [1.82, 2.24) is 4.90 Å². The van der Waals surface area contributed by atoms with Crippen molar-refractivity contribution in [3.05, 3.63) is 34.1 Å². The van der Waals surface area contributed by atoms with Crippen LogP contribution in [-0.4, -0.2) is 23.4 Å². The van der Waals surface area contributed by atoms with Crippen molar-refractivity contribution in [2.75, 3.05) is 6.54 Å². The Bertz CT molecular complexity index is 463. The van der Waals surface area contributed by atoms with E-state index in [1.807, 2.05) is 4.90 Å². The number of benzene rings is 1. The molecule has 2 nitrogen and oxygen atoms in total. The van der Waals surface area contributed by atoms with Crippen LogP contribution in [0, 0.1) is 11.7 Å². The summed E-state index contributed by atoms with van der Waals surface area (Å²) in [5.41, 5.74) is 0.428. The predicted octanol–water partition coefficient (Wildman–Crippen LogP) is 3.85. The maximum absolute atomic E-state index is 13.4. The molecule has 1 aliphatic rings. The van der Waals surface area contributed by atoms with Gasteiger partial charge in [-0.05, 0) is 59.8 Å². The van der Waals surface area contributed by atoms with Gasteiger partial charge < -0.3 is 4.90 Å². The quantitative estimate of drug-likeness (QED) is 0.771. The van der Waals surface area contributed by atoms with Crippen LogP contribution in [0.2, 0.25) is 0 Å². The zero-order valence-electron chi connectivity index (χ0n) is 10.6. The summed E-state index contributed by atoms with van der Waals surface area (Å²) in [6.07, 6.45) is 2.04. The fourth-order valence-corrected chi connectivity index (χ4v) is 2.75. The van der Waals surface area contributed by atoms with E-state index in [1.54, 1.807) is 12.1 Å². The number of amides is 1. The molecule has 2 unspecified atom stereocenters. The van der Waals surface area contributed by atoms with Gasteiger partial charge in [-0.1, -0.05) is 6.92 Å². The normalized spacial score (nSPS) is 24.1. The lowest BCUT2D eigenvalue weighted by molar-refractivity contribution is 0.0588. The lowest BCUT2D eigenvalue weighted by Crippen LogP contribution is -2.44. The molecule has 2 atom stereocenters. The summed E-state index contributed by atoms with van der Waals surface area (Å²) in [6, 6.07) is 4.78. The summed E-state index contributed by atoms with van der Waals surface area (Å²) in [4.78, 5) is 14.2. The van der Waals surface area contributed by atoms with E-state index in [1.165, 1.54) is 6.07 Å². The van der Waals surface area contributed by atoms with Gasteiger partial charge in [0.25, 0.3) is 5.91 Å². The number of hydrogen-bond acceptors (Lipinski definition) is 1. The highest BCUT2D eigenvalue weighted by Crippen LogP contribution is 2.25. The molecule has 1 heterocycles. The third kappa shape index (κ3) is 2.74. The van der Waals surface area contributed by atoms with Crippen molar-refractivity contribution in [3.63, 3.8) is 0 Å². The predicted molar refractivity (Wildman–Crippen MR) is 73.0 cm³/mol. The van der Waals surface area contributed by atoms with E-state index in [2.05, 4.69) is 29.8 Å². The van der Waals surface area contributed by atoms with E-state index in [9.17, 15) is 9.18 Å². The Morgan fingerprint density at radius 2 is 2.17 bits per heavy atom. The SMILES string of the molecule is CC1CCN(C(=O)c2ccc(Br)c(F)c2)C(C)C1. The highest BCUT2D eigenvalue weighted by molar-refractivity contribution is 9.10. The first-order valence-electron chi connectivity index (χ1n) is 6.25. The summed E-state index contributed by atoms with van der Waals surface area (Å²) < 4.78 is 13.8. The molecule has 1 aromatic rings. The number of carbonyl (C=O) groups is 1. The standard InChI is InChI=1S/C14H17BrFNO/c1-9-5-6-17(10(2)7-9)14(18)11-3-4-12(15)13(16)8-11/h3-4,8-10H,5-7H2,1-2H3. The highest BCUT2D eigenvalue weighted by atomic mass is 79.9. The monoisotopic (exact) mass is 313 g/mol. The van der Waals surface area contributed by atoms with Crippen LogP contribution >= 0.6 is 15.9 Å². The smallest absolute Gasteiger partial charge is 0.254 e. The van der Waals surface area contributed by atoms with Crippen LogP contribution in [0.4, 0.5) is 4.39 Å². The van der Waals surface area contributed by atoms with Crippen LogP contribution in [-0.2, 0) is 0 Å². The molecular formula is C14H17BrFNO. The second-order valence-corrected chi connectivity index (χ2v) is 5.96. The highest BCUT2D eigenvalue weighted by Gasteiger charge is 2.27.